The number of nitrogens with zero attached hydrogens (tertiary/aromatic N) is 1. The number of nitrogen functional groups attached to an aromatic ring is 1. The van der Waals surface area contributed by atoms with Crippen molar-refractivity contribution in [3.05, 3.63) is 94.0 Å². The van der Waals surface area contributed by atoms with Gasteiger partial charge in [-0.3, -0.25) is 4.79 Å². The van der Waals surface area contributed by atoms with E-state index in [1.165, 1.54) is 0 Å². The lowest BCUT2D eigenvalue weighted by Gasteiger charge is -2.25. The summed E-state index contributed by atoms with van der Waals surface area (Å²) in [6, 6.07) is 19.4. The van der Waals surface area contributed by atoms with Gasteiger partial charge in [-0.2, -0.15) is 0 Å². The molecular weight excluding hydrogens is 414 g/mol. The van der Waals surface area contributed by atoms with Gasteiger partial charge >= 0.3 is 5.97 Å². The monoisotopic (exact) mass is 447 g/mol. The van der Waals surface area contributed by atoms with Gasteiger partial charge in [0.2, 0.25) is 0 Å². The van der Waals surface area contributed by atoms with Crippen molar-refractivity contribution >= 4 is 17.3 Å². The van der Waals surface area contributed by atoms with Crippen LogP contribution in [-0.4, -0.2) is 17.6 Å². The zero-order chi connectivity index (χ0) is 24.0. The first-order valence-corrected chi connectivity index (χ1v) is 11.2. The summed E-state index contributed by atoms with van der Waals surface area (Å²) >= 11 is 0. The molecular formula is C27H33N3O3. The fourth-order valence-electron chi connectivity index (χ4n) is 3.98. The molecule has 3 aromatic rings. The Morgan fingerprint density at radius 2 is 1.82 bits per heavy atom. The predicted octanol–water partition coefficient (Wildman–Crippen LogP) is 4.34. The molecule has 6 nitrogen and oxygen atoms in total. The van der Waals surface area contributed by atoms with Crippen molar-refractivity contribution in [3.8, 4) is 0 Å². The van der Waals surface area contributed by atoms with Gasteiger partial charge in [0.25, 0.3) is 0 Å². The van der Waals surface area contributed by atoms with Gasteiger partial charge in [-0.1, -0.05) is 54.6 Å². The van der Waals surface area contributed by atoms with Gasteiger partial charge in [0.1, 0.15) is 6.61 Å². The first-order chi connectivity index (χ1) is 15.8. The lowest BCUT2D eigenvalue weighted by atomic mass is 9.84. The van der Waals surface area contributed by atoms with E-state index in [9.17, 15) is 9.90 Å². The van der Waals surface area contributed by atoms with Gasteiger partial charge in [0.15, 0.2) is 0 Å². The average Bonchev–Trinajstić information content (AvgIpc) is 2.83. The van der Waals surface area contributed by atoms with Gasteiger partial charge in [-0.15, -0.1) is 0 Å². The summed E-state index contributed by atoms with van der Waals surface area (Å²) in [5, 5.41) is 11.4. The number of anilines is 2. The highest BCUT2D eigenvalue weighted by atomic mass is 16.5. The number of nitrogens with two attached hydrogens (primary N) is 2. The third-order valence-electron chi connectivity index (χ3n) is 6.12. The number of carbonyl (C=O) groups excluding carboxylic acids is 1. The maximum atomic E-state index is 12.9. The molecule has 0 aromatic heterocycles. The van der Waals surface area contributed by atoms with Crippen LogP contribution in [0.1, 0.15) is 52.6 Å². The Balaban J connectivity index is 1.95. The average molecular weight is 448 g/mol. The molecule has 5 N–H and O–H groups in total. The number of aliphatic hydroxyl groups is 1. The topological polar surface area (TPSA) is 102 Å². The van der Waals surface area contributed by atoms with Crippen LogP contribution in [0.3, 0.4) is 0 Å². The quantitative estimate of drug-likeness (QED) is 0.195. The minimum absolute atomic E-state index is 0.0659. The second-order valence-electron chi connectivity index (χ2n) is 8.25. The normalized spacial score (nSPS) is 11.8. The van der Waals surface area contributed by atoms with Crippen LogP contribution >= 0.6 is 0 Å². The van der Waals surface area contributed by atoms with E-state index < -0.39 is 0 Å². The van der Waals surface area contributed by atoms with E-state index in [0.29, 0.717) is 12.2 Å². The standard InChI is InChI=1S/C27H33N3O3/c1-4-30(29)25-13-12-23(19(3)27(25)28)24(21-11-10-18(2)22(14-21)16-31)15-26(32)33-17-20-8-6-5-7-9-20/h5-14,24,31H,4,15-17,28-29H2,1-3H3. The Kier molecular flexibility index (Phi) is 8.09. The lowest BCUT2D eigenvalue weighted by molar-refractivity contribution is -0.145. The van der Waals surface area contributed by atoms with Gasteiger partial charge in [-0.25, -0.2) is 5.84 Å². The number of rotatable bonds is 9. The molecule has 6 heteroatoms. The second kappa shape index (κ2) is 11.0. The number of benzene rings is 3. The number of hydrogen-bond acceptors (Lipinski definition) is 6. The third-order valence-corrected chi connectivity index (χ3v) is 6.12. The molecule has 0 spiro atoms. The van der Waals surface area contributed by atoms with Crippen molar-refractivity contribution in [2.24, 2.45) is 5.84 Å². The minimum atomic E-state index is -0.300. The van der Waals surface area contributed by atoms with Crippen LogP contribution in [0.4, 0.5) is 11.4 Å². The maximum Gasteiger partial charge on any atom is 0.307 e. The molecule has 3 rings (SSSR count). The Morgan fingerprint density at radius 3 is 2.48 bits per heavy atom. The first-order valence-electron chi connectivity index (χ1n) is 11.2. The molecule has 33 heavy (non-hydrogen) atoms. The molecule has 0 aliphatic rings. The molecule has 3 aromatic carbocycles. The lowest BCUT2D eigenvalue weighted by Crippen LogP contribution is -2.31. The van der Waals surface area contributed by atoms with Crippen molar-refractivity contribution in [1.29, 1.82) is 0 Å². The maximum absolute atomic E-state index is 12.9. The van der Waals surface area contributed by atoms with Crippen molar-refractivity contribution in [1.82, 2.24) is 0 Å². The van der Waals surface area contributed by atoms with E-state index >= 15 is 0 Å². The Bertz CT molecular complexity index is 1100. The molecule has 0 aliphatic carbocycles. The molecule has 0 saturated carbocycles. The van der Waals surface area contributed by atoms with Crippen molar-refractivity contribution in [2.75, 3.05) is 17.3 Å². The fourth-order valence-corrected chi connectivity index (χ4v) is 3.98. The molecule has 1 atom stereocenters. The molecule has 0 radical (unpaired) electrons. The summed E-state index contributed by atoms with van der Waals surface area (Å²) < 4.78 is 5.58. The predicted molar refractivity (Wildman–Crippen MR) is 133 cm³/mol. The van der Waals surface area contributed by atoms with Crippen LogP contribution < -0.4 is 16.6 Å². The summed E-state index contributed by atoms with van der Waals surface area (Å²) in [7, 11) is 0. The van der Waals surface area contributed by atoms with Crippen LogP contribution in [0.2, 0.25) is 0 Å². The summed E-state index contributed by atoms with van der Waals surface area (Å²) in [5.74, 6) is 5.51. The summed E-state index contributed by atoms with van der Waals surface area (Å²) in [4.78, 5) is 12.9. The van der Waals surface area contributed by atoms with Crippen LogP contribution in [-0.2, 0) is 22.7 Å². The highest BCUT2D eigenvalue weighted by molar-refractivity contribution is 5.75. The summed E-state index contributed by atoms with van der Waals surface area (Å²) in [6.45, 7) is 6.63. The number of aliphatic hydroxyl groups excluding tert-OH is 1. The Morgan fingerprint density at radius 1 is 1.09 bits per heavy atom. The van der Waals surface area contributed by atoms with Gasteiger partial charge in [-0.05, 0) is 60.2 Å². The third kappa shape index (κ3) is 5.72. The molecule has 0 heterocycles. The molecule has 0 aliphatic heterocycles. The van der Waals surface area contributed by atoms with Crippen molar-refractivity contribution < 1.29 is 14.6 Å². The number of hydrazine groups is 1. The fraction of sp³-hybridized carbons (Fsp3) is 0.296. The van der Waals surface area contributed by atoms with Crippen molar-refractivity contribution in [2.45, 2.75) is 46.3 Å². The van der Waals surface area contributed by atoms with Crippen LogP contribution in [0.15, 0.2) is 60.7 Å². The van der Waals surface area contributed by atoms with E-state index in [-0.39, 0.29) is 31.5 Å². The molecule has 174 valence electrons. The van der Waals surface area contributed by atoms with E-state index in [2.05, 4.69) is 0 Å². The van der Waals surface area contributed by atoms with Crippen LogP contribution in [0, 0.1) is 13.8 Å². The smallest absolute Gasteiger partial charge is 0.307 e. The minimum Gasteiger partial charge on any atom is -0.461 e. The van der Waals surface area contributed by atoms with E-state index in [4.69, 9.17) is 16.3 Å². The van der Waals surface area contributed by atoms with E-state index in [1.807, 2.05) is 81.4 Å². The molecule has 0 amide bonds. The number of carbonyl (C=O) groups is 1. The van der Waals surface area contributed by atoms with Gasteiger partial charge < -0.3 is 20.6 Å². The molecule has 0 saturated heterocycles. The molecule has 0 bridgehead atoms. The first kappa shape index (κ1) is 24.3. The van der Waals surface area contributed by atoms with Crippen LogP contribution in [0.25, 0.3) is 0 Å². The SMILES string of the molecule is CCN(N)c1ccc(C(CC(=O)OCc2ccccc2)c2ccc(C)c(CO)c2)c(C)c1N. The van der Waals surface area contributed by atoms with E-state index in [0.717, 1.165) is 39.1 Å². The largest absolute Gasteiger partial charge is 0.461 e. The number of aryl methyl sites for hydroxylation is 1. The van der Waals surface area contributed by atoms with Gasteiger partial charge in [0.05, 0.1) is 24.4 Å². The summed E-state index contributed by atoms with van der Waals surface area (Å²) in [5.41, 5.74) is 13.3. The number of esters is 1. The summed E-state index contributed by atoms with van der Waals surface area (Å²) in [6.07, 6.45) is 0.153. The van der Waals surface area contributed by atoms with Gasteiger partial charge in [0, 0.05) is 12.5 Å². The molecule has 1 unspecified atom stereocenters. The number of ether oxygens (including phenoxy) is 1. The van der Waals surface area contributed by atoms with Crippen molar-refractivity contribution in [3.63, 3.8) is 0 Å². The molecule has 0 fully saturated rings. The van der Waals surface area contributed by atoms with Crippen LogP contribution in [0.5, 0.6) is 0 Å². The number of hydrogen-bond donors (Lipinski definition) is 3. The van der Waals surface area contributed by atoms with E-state index in [1.54, 1.807) is 5.01 Å². The highest BCUT2D eigenvalue weighted by Gasteiger charge is 2.24. The Labute approximate surface area is 195 Å². The second-order valence-corrected chi connectivity index (χ2v) is 8.25. The zero-order valence-corrected chi connectivity index (χ0v) is 19.5. The zero-order valence-electron chi connectivity index (χ0n) is 19.5. The highest BCUT2D eigenvalue weighted by Crippen LogP contribution is 2.37. The Hall–Kier alpha value is -3.35.